The molecule has 2 amide bonds. The number of aromatic amines is 1. The standard InChI is InChI=1S/C20H23N5O3/c1-28-16-7-6-13-8-18(24-17(13)9-16)20(27)23-15-10-21-25(11-15)12-19(26)22-14-4-2-3-5-14/h6-11,14,24H,2-5,12H2,1H3,(H,22,26)(H,23,27). The first-order valence-corrected chi connectivity index (χ1v) is 9.40. The molecule has 0 saturated heterocycles. The summed E-state index contributed by atoms with van der Waals surface area (Å²) in [6.07, 6.45) is 7.61. The lowest BCUT2D eigenvalue weighted by Crippen LogP contribution is -2.35. The van der Waals surface area contributed by atoms with Gasteiger partial charge in [0.2, 0.25) is 5.91 Å². The van der Waals surface area contributed by atoms with E-state index in [1.165, 1.54) is 23.7 Å². The van der Waals surface area contributed by atoms with Crippen molar-refractivity contribution in [1.82, 2.24) is 20.1 Å². The fourth-order valence-electron chi connectivity index (χ4n) is 3.56. The van der Waals surface area contributed by atoms with E-state index in [0.29, 0.717) is 11.4 Å². The molecule has 4 rings (SSSR count). The number of methoxy groups -OCH3 is 1. The van der Waals surface area contributed by atoms with E-state index in [2.05, 4.69) is 20.7 Å². The molecule has 0 spiro atoms. The average molecular weight is 381 g/mol. The smallest absolute Gasteiger partial charge is 0.272 e. The van der Waals surface area contributed by atoms with Crippen LogP contribution in [0.5, 0.6) is 5.75 Å². The largest absolute Gasteiger partial charge is 0.497 e. The molecule has 0 atom stereocenters. The monoisotopic (exact) mass is 381 g/mol. The van der Waals surface area contributed by atoms with Crippen LogP contribution in [0, 0.1) is 0 Å². The van der Waals surface area contributed by atoms with Gasteiger partial charge in [-0.1, -0.05) is 12.8 Å². The summed E-state index contributed by atoms with van der Waals surface area (Å²) in [6.45, 7) is 0.137. The zero-order valence-corrected chi connectivity index (χ0v) is 15.7. The first kappa shape index (κ1) is 18.1. The van der Waals surface area contributed by atoms with Gasteiger partial charge in [-0.2, -0.15) is 5.10 Å². The van der Waals surface area contributed by atoms with Crippen LogP contribution in [0.25, 0.3) is 10.9 Å². The fourth-order valence-corrected chi connectivity index (χ4v) is 3.56. The molecule has 1 aliphatic carbocycles. The third-order valence-corrected chi connectivity index (χ3v) is 4.99. The molecule has 0 unspecified atom stereocenters. The van der Waals surface area contributed by atoms with Crippen molar-refractivity contribution in [1.29, 1.82) is 0 Å². The second-order valence-corrected chi connectivity index (χ2v) is 7.07. The Hall–Kier alpha value is -3.29. The van der Waals surface area contributed by atoms with Crippen LogP contribution < -0.4 is 15.4 Å². The number of nitrogens with one attached hydrogen (secondary N) is 3. The van der Waals surface area contributed by atoms with Gasteiger partial charge in [-0.05, 0) is 31.0 Å². The van der Waals surface area contributed by atoms with E-state index in [4.69, 9.17) is 4.74 Å². The third-order valence-electron chi connectivity index (χ3n) is 4.99. The van der Waals surface area contributed by atoms with Crippen molar-refractivity contribution in [3.05, 3.63) is 42.4 Å². The van der Waals surface area contributed by atoms with E-state index in [0.717, 1.165) is 29.5 Å². The first-order valence-electron chi connectivity index (χ1n) is 9.40. The van der Waals surface area contributed by atoms with E-state index < -0.39 is 0 Å². The second kappa shape index (κ2) is 7.75. The van der Waals surface area contributed by atoms with E-state index in [1.54, 1.807) is 19.4 Å². The molecule has 2 heterocycles. The van der Waals surface area contributed by atoms with E-state index in [-0.39, 0.29) is 24.4 Å². The van der Waals surface area contributed by atoms with Crippen LogP contribution >= 0.6 is 0 Å². The van der Waals surface area contributed by atoms with E-state index >= 15 is 0 Å². The Labute approximate surface area is 162 Å². The molecule has 1 aliphatic rings. The number of H-pyrrole nitrogens is 1. The molecule has 146 valence electrons. The summed E-state index contributed by atoms with van der Waals surface area (Å²) in [7, 11) is 1.60. The highest BCUT2D eigenvalue weighted by molar-refractivity contribution is 6.05. The number of anilines is 1. The summed E-state index contributed by atoms with van der Waals surface area (Å²) in [5, 5.41) is 10.9. The summed E-state index contributed by atoms with van der Waals surface area (Å²) in [6, 6.07) is 7.64. The Morgan fingerprint density at radius 2 is 2.11 bits per heavy atom. The van der Waals surface area contributed by atoms with Crippen molar-refractivity contribution in [3.8, 4) is 5.75 Å². The number of nitrogens with zero attached hydrogens (tertiary/aromatic N) is 2. The third kappa shape index (κ3) is 4.00. The van der Waals surface area contributed by atoms with Gasteiger partial charge >= 0.3 is 0 Å². The fraction of sp³-hybridized carbons (Fsp3) is 0.350. The highest BCUT2D eigenvalue weighted by Gasteiger charge is 2.17. The normalized spacial score (nSPS) is 14.3. The van der Waals surface area contributed by atoms with E-state index in [1.807, 2.05) is 18.2 Å². The maximum atomic E-state index is 12.5. The quantitative estimate of drug-likeness (QED) is 0.611. The molecule has 0 aliphatic heterocycles. The lowest BCUT2D eigenvalue weighted by Gasteiger charge is -2.11. The van der Waals surface area contributed by atoms with Crippen molar-refractivity contribution in [3.63, 3.8) is 0 Å². The number of hydrogen-bond donors (Lipinski definition) is 3. The van der Waals surface area contributed by atoms with Gasteiger partial charge in [0.25, 0.3) is 5.91 Å². The van der Waals surface area contributed by atoms with Gasteiger partial charge in [0.15, 0.2) is 0 Å². The summed E-state index contributed by atoms with van der Waals surface area (Å²) < 4.78 is 6.72. The average Bonchev–Trinajstić information content (AvgIpc) is 3.42. The second-order valence-electron chi connectivity index (χ2n) is 7.07. The van der Waals surface area contributed by atoms with Crippen molar-refractivity contribution in [2.75, 3.05) is 12.4 Å². The van der Waals surface area contributed by atoms with Crippen LogP contribution in [0.2, 0.25) is 0 Å². The summed E-state index contributed by atoms with van der Waals surface area (Å²) >= 11 is 0. The minimum atomic E-state index is -0.273. The number of ether oxygens (including phenoxy) is 1. The molecular weight excluding hydrogens is 358 g/mol. The molecular formula is C20H23N5O3. The zero-order valence-electron chi connectivity index (χ0n) is 15.7. The van der Waals surface area contributed by atoms with Crippen LogP contribution in [0.15, 0.2) is 36.7 Å². The Bertz CT molecular complexity index is 1000. The molecule has 1 aromatic carbocycles. The lowest BCUT2D eigenvalue weighted by atomic mass is 10.2. The summed E-state index contributed by atoms with van der Waals surface area (Å²) in [5.41, 5.74) is 1.80. The highest BCUT2D eigenvalue weighted by atomic mass is 16.5. The minimum Gasteiger partial charge on any atom is -0.497 e. The van der Waals surface area contributed by atoms with Gasteiger partial charge in [0.1, 0.15) is 18.0 Å². The zero-order chi connectivity index (χ0) is 19.5. The van der Waals surface area contributed by atoms with Crippen molar-refractivity contribution < 1.29 is 14.3 Å². The molecule has 3 aromatic rings. The van der Waals surface area contributed by atoms with Crippen molar-refractivity contribution in [2.24, 2.45) is 0 Å². The minimum absolute atomic E-state index is 0.0579. The molecule has 0 radical (unpaired) electrons. The number of carbonyl (C=O) groups is 2. The van der Waals surface area contributed by atoms with Gasteiger partial charge in [-0.15, -0.1) is 0 Å². The maximum Gasteiger partial charge on any atom is 0.272 e. The molecule has 0 bridgehead atoms. The predicted molar refractivity (Wildman–Crippen MR) is 105 cm³/mol. The number of benzene rings is 1. The topological polar surface area (TPSA) is 101 Å². The summed E-state index contributed by atoms with van der Waals surface area (Å²) in [5.74, 6) is 0.390. The molecule has 2 aromatic heterocycles. The molecule has 8 heteroatoms. The predicted octanol–water partition coefficient (Wildman–Crippen LogP) is 2.68. The van der Waals surface area contributed by atoms with Gasteiger partial charge < -0.3 is 20.4 Å². The molecule has 28 heavy (non-hydrogen) atoms. The van der Waals surface area contributed by atoms with Gasteiger partial charge in [0, 0.05) is 29.2 Å². The lowest BCUT2D eigenvalue weighted by molar-refractivity contribution is -0.122. The number of amides is 2. The van der Waals surface area contributed by atoms with E-state index in [9.17, 15) is 9.59 Å². The number of carbonyl (C=O) groups excluding carboxylic acids is 2. The van der Waals surface area contributed by atoms with Crippen LogP contribution in [-0.2, 0) is 11.3 Å². The number of rotatable bonds is 6. The van der Waals surface area contributed by atoms with Crippen LogP contribution in [-0.4, -0.2) is 39.7 Å². The number of aromatic nitrogens is 3. The number of fused-ring (bicyclic) bond motifs is 1. The van der Waals surface area contributed by atoms with Crippen molar-refractivity contribution in [2.45, 2.75) is 38.3 Å². The van der Waals surface area contributed by atoms with Gasteiger partial charge in [-0.25, -0.2) is 0 Å². The van der Waals surface area contributed by atoms with Gasteiger partial charge in [-0.3, -0.25) is 14.3 Å². The first-order chi connectivity index (χ1) is 13.6. The number of hydrogen-bond acceptors (Lipinski definition) is 4. The SMILES string of the molecule is COc1ccc2cc(C(=O)Nc3cnn(CC(=O)NC4CCCC4)c3)[nH]c2c1. The van der Waals surface area contributed by atoms with Crippen LogP contribution in [0.3, 0.4) is 0 Å². The van der Waals surface area contributed by atoms with Crippen LogP contribution in [0.4, 0.5) is 5.69 Å². The molecule has 3 N–H and O–H groups in total. The Balaban J connectivity index is 1.37. The van der Waals surface area contributed by atoms with Crippen LogP contribution in [0.1, 0.15) is 36.2 Å². The molecule has 1 fully saturated rings. The maximum absolute atomic E-state index is 12.5. The van der Waals surface area contributed by atoms with Crippen molar-refractivity contribution >= 4 is 28.4 Å². The Morgan fingerprint density at radius 1 is 1.29 bits per heavy atom. The molecule has 8 nitrogen and oxygen atoms in total. The van der Waals surface area contributed by atoms with Gasteiger partial charge in [0.05, 0.1) is 19.0 Å². The Kier molecular flexibility index (Phi) is 5.01. The Morgan fingerprint density at radius 3 is 2.89 bits per heavy atom. The summed E-state index contributed by atoms with van der Waals surface area (Å²) in [4.78, 5) is 27.7. The highest BCUT2D eigenvalue weighted by Crippen LogP contribution is 2.22. The molecule has 1 saturated carbocycles.